The van der Waals surface area contributed by atoms with Crippen molar-refractivity contribution in [1.29, 1.82) is 0 Å². The van der Waals surface area contributed by atoms with Gasteiger partial charge in [-0.15, -0.1) is 0 Å². The molecule has 2 rings (SSSR count). The van der Waals surface area contributed by atoms with Gasteiger partial charge in [0.25, 0.3) is 5.91 Å². The zero-order valence-corrected chi connectivity index (χ0v) is 12.5. The average Bonchev–Trinajstić information content (AvgIpc) is 3.17. The molecule has 1 aromatic rings. The lowest BCUT2D eigenvalue weighted by molar-refractivity contribution is 0.0937. The minimum absolute atomic E-state index is 0.115. The number of hydrogen-bond donors (Lipinski definition) is 2. The normalized spacial score (nSPS) is 15.9. The monoisotopic (exact) mass is 327 g/mol. The van der Waals surface area contributed by atoms with Crippen LogP contribution < -0.4 is 10.1 Å². The van der Waals surface area contributed by atoms with Gasteiger partial charge < -0.3 is 15.2 Å². The Balaban J connectivity index is 2.02. The number of ether oxygens (including phenoxy) is 1. The second-order valence-electron chi connectivity index (χ2n) is 5.00. The molecule has 0 atom stereocenters. The number of benzene rings is 1. The number of methoxy groups -OCH3 is 1. The Kier molecular flexibility index (Phi) is 4.47. The van der Waals surface area contributed by atoms with Gasteiger partial charge in [0, 0.05) is 17.6 Å². The fourth-order valence-electron chi connectivity index (χ4n) is 2.15. The highest BCUT2D eigenvalue weighted by Crippen LogP contribution is 2.47. The summed E-state index contributed by atoms with van der Waals surface area (Å²) < 4.78 is 6.04. The van der Waals surface area contributed by atoms with E-state index in [0.29, 0.717) is 17.9 Å². The molecule has 0 heterocycles. The van der Waals surface area contributed by atoms with Crippen molar-refractivity contribution < 1.29 is 14.6 Å². The fourth-order valence-corrected chi connectivity index (χ4v) is 2.51. The van der Waals surface area contributed by atoms with Crippen molar-refractivity contribution in [3.05, 3.63) is 28.2 Å². The van der Waals surface area contributed by atoms with E-state index in [1.807, 2.05) is 6.07 Å². The van der Waals surface area contributed by atoms with Crippen LogP contribution in [-0.4, -0.2) is 31.3 Å². The Labute approximate surface area is 121 Å². The lowest BCUT2D eigenvalue weighted by atomic mass is 10.0. The summed E-state index contributed by atoms with van der Waals surface area (Å²) in [6.07, 6.45) is 2.90. The second-order valence-corrected chi connectivity index (χ2v) is 5.92. The first-order valence-corrected chi connectivity index (χ1v) is 7.12. The van der Waals surface area contributed by atoms with E-state index >= 15 is 0 Å². The van der Waals surface area contributed by atoms with Gasteiger partial charge in [-0.3, -0.25) is 4.79 Å². The van der Waals surface area contributed by atoms with Gasteiger partial charge in [-0.2, -0.15) is 0 Å². The molecule has 0 saturated heterocycles. The topological polar surface area (TPSA) is 58.6 Å². The summed E-state index contributed by atoms with van der Waals surface area (Å²) in [5, 5.41) is 11.9. The molecule has 1 aliphatic rings. The molecular formula is C14H18BrNO3. The summed E-state index contributed by atoms with van der Waals surface area (Å²) in [7, 11) is 1.55. The van der Waals surface area contributed by atoms with Gasteiger partial charge in [-0.25, -0.2) is 0 Å². The average molecular weight is 328 g/mol. The van der Waals surface area contributed by atoms with Crippen LogP contribution in [0.4, 0.5) is 0 Å². The molecule has 0 unspecified atom stereocenters. The van der Waals surface area contributed by atoms with Crippen molar-refractivity contribution in [2.45, 2.75) is 19.3 Å². The number of carbonyl (C=O) groups excluding carboxylic acids is 1. The molecule has 2 N–H and O–H groups in total. The van der Waals surface area contributed by atoms with Crippen LogP contribution >= 0.6 is 15.9 Å². The molecule has 1 amide bonds. The smallest absolute Gasteiger partial charge is 0.255 e. The van der Waals surface area contributed by atoms with Crippen LogP contribution in [0.2, 0.25) is 0 Å². The SMILES string of the molecule is COc1ccc(Br)cc1C(=O)NCC1(CCO)CC1. The number of hydrogen-bond acceptors (Lipinski definition) is 3. The third-order valence-corrected chi connectivity index (χ3v) is 4.12. The number of amides is 1. The lowest BCUT2D eigenvalue weighted by Crippen LogP contribution is -2.31. The maximum atomic E-state index is 12.2. The molecule has 1 aliphatic carbocycles. The summed E-state index contributed by atoms with van der Waals surface area (Å²) in [5.41, 5.74) is 0.639. The van der Waals surface area contributed by atoms with Crippen LogP contribution in [0, 0.1) is 5.41 Å². The number of aliphatic hydroxyl groups is 1. The van der Waals surface area contributed by atoms with Crippen molar-refractivity contribution in [2.24, 2.45) is 5.41 Å². The molecule has 0 spiro atoms. The van der Waals surface area contributed by atoms with Crippen molar-refractivity contribution in [2.75, 3.05) is 20.3 Å². The summed E-state index contributed by atoms with van der Waals surface area (Å²) in [5.74, 6) is 0.426. The summed E-state index contributed by atoms with van der Waals surface area (Å²) in [4.78, 5) is 12.2. The van der Waals surface area contributed by atoms with E-state index in [4.69, 9.17) is 9.84 Å². The van der Waals surface area contributed by atoms with Gasteiger partial charge in [-0.1, -0.05) is 15.9 Å². The van der Waals surface area contributed by atoms with Crippen molar-refractivity contribution >= 4 is 21.8 Å². The Hall–Kier alpha value is -1.07. The highest BCUT2D eigenvalue weighted by atomic mass is 79.9. The molecular weight excluding hydrogens is 310 g/mol. The summed E-state index contributed by atoms with van der Waals surface area (Å²) in [6.45, 7) is 0.790. The molecule has 0 radical (unpaired) electrons. The van der Waals surface area contributed by atoms with E-state index in [0.717, 1.165) is 23.7 Å². The van der Waals surface area contributed by atoms with Gasteiger partial charge in [0.1, 0.15) is 5.75 Å². The van der Waals surface area contributed by atoms with Crippen molar-refractivity contribution in [3.8, 4) is 5.75 Å². The first kappa shape index (κ1) is 14.3. The molecule has 1 aromatic carbocycles. The summed E-state index contributed by atoms with van der Waals surface area (Å²) >= 11 is 3.35. The number of rotatable bonds is 6. The number of aliphatic hydroxyl groups excluding tert-OH is 1. The molecule has 5 heteroatoms. The molecule has 104 valence electrons. The molecule has 1 fully saturated rings. The van der Waals surface area contributed by atoms with Crippen molar-refractivity contribution in [3.63, 3.8) is 0 Å². The predicted molar refractivity (Wildman–Crippen MR) is 76.4 cm³/mol. The Morgan fingerprint density at radius 1 is 1.53 bits per heavy atom. The number of halogens is 1. The lowest BCUT2D eigenvalue weighted by Gasteiger charge is -2.15. The minimum Gasteiger partial charge on any atom is -0.496 e. The van der Waals surface area contributed by atoms with E-state index in [1.165, 1.54) is 0 Å². The first-order chi connectivity index (χ1) is 9.10. The van der Waals surface area contributed by atoms with Crippen LogP contribution in [0.3, 0.4) is 0 Å². The molecule has 19 heavy (non-hydrogen) atoms. The zero-order valence-electron chi connectivity index (χ0n) is 10.9. The third-order valence-electron chi connectivity index (χ3n) is 3.63. The number of carbonyl (C=O) groups is 1. The fraction of sp³-hybridized carbons (Fsp3) is 0.500. The van der Waals surface area contributed by atoms with E-state index in [1.54, 1.807) is 19.2 Å². The maximum absolute atomic E-state index is 12.2. The molecule has 4 nitrogen and oxygen atoms in total. The van der Waals surface area contributed by atoms with Crippen molar-refractivity contribution in [1.82, 2.24) is 5.32 Å². The van der Waals surface area contributed by atoms with Crippen LogP contribution in [0.5, 0.6) is 5.75 Å². The van der Waals surface area contributed by atoms with E-state index < -0.39 is 0 Å². The number of nitrogens with one attached hydrogen (secondary N) is 1. The standard InChI is InChI=1S/C14H18BrNO3/c1-19-12-3-2-10(15)8-11(12)13(18)16-9-14(4-5-14)6-7-17/h2-3,8,17H,4-7,9H2,1H3,(H,16,18). The van der Waals surface area contributed by atoms with Gasteiger partial charge in [0.2, 0.25) is 0 Å². The third kappa shape index (κ3) is 3.48. The van der Waals surface area contributed by atoms with Gasteiger partial charge in [0.05, 0.1) is 12.7 Å². The minimum atomic E-state index is -0.137. The van der Waals surface area contributed by atoms with Crippen LogP contribution in [0.15, 0.2) is 22.7 Å². The maximum Gasteiger partial charge on any atom is 0.255 e. The quantitative estimate of drug-likeness (QED) is 0.843. The van der Waals surface area contributed by atoms with Crippen LogP contribution in [-0.2, 0) is 0 Å². The Bertz CT molecular complexity index is 472. The first-order valence-electron chi connectivity index (χ1n) is 6.33. The van der Waals surface area contributed by atoms with E-state index in [9.17, 15) is 4.79 Å². The zero-order chi connectivity index (χ0) is 13.9. The molecule has 0 aromatic heterocycles. The largest absolute Gasteiger partial charge is 0.496 e. The molecule has 1 saturated carbocycles. The molecule has 0 aliphatic heterocycles. The summed E-state index contributed by atoms with van der Waals surface area (Å²) in [6, 6.07) is 5.35. The predicted octanol–water partition coefficient (Wildman–Crippen LogP) is 2.35. The van der Waals surface area contributed by atoms with Crippen LogP contribution in [0.25, 0.3) is 0 Å². The van der Waals surface area contributed by atoms with E-state index in [-0.39, 0.29) is 17.9 Å². The Morgan fingerprint density at radius 2 is 2.26 bits per heavy atom. The van der Waals surface area contributed by atoms with Gasteiger partial charge in [-0.05, 0) is 42.9 Å². The molecule has 0 bridgehead atoms. The second kappa shape index (κ2) is 5.92. The Morgan fingerprint density at radius 3 is 2.84 bits per heavy atom. The highest BCUT2D eigenvalue weighted by molar-refractivity contribution is 9.10. The van der Waals surface area contributed by atoms with Gasteiger partial charge in [0.15, 0.2) is 0 Å². The van der Waals surface area contributed by atoms with E-state index in [2.05, 4.69) is 21.2 Å². The highest BCUT2D eigenvalue weighted by Gasteiger charge is 2.42. The van der Waals surface area contributed by atoms with Gasteiger partial charge >= 0.3 is 0 Å². The van der Waals surface area contributed by atoms with Crippen LogP contribution in [0.1, 0.15) is 29.6 Å².